The lowest BCUT2D eigenvalue weighted by atomic mass is 10.1. The minimum Gasteiger partial charge on any atom is -0.463 e. The van der Waals surface area contributed by atoms with E-state index >= 15 is 0 Å². The normalized spacial score (nSPS) is 10.4. The van der Waals surface area contributed by atoms with Crippen LogP contribution in [-0.2, 0) is 4.74 Å². The number of carbonyl (C=O) groups excluding carboxylic acids is 1. The zero-order valence-electron chi connectivity index (χ0n) is 13.0. The monoisotopic (exact) mass is 356 g/mol. The van der Waals surface area contributed by atoms with Gasteiger partial charge in [0.2, 0.25) is 0 Å². The van der Waals surface area contributed by atoms with Gasteiger partial charge in [-0.1, -0.05) is 36.4 Å². The Morgan fingerprint density at radius 1 is 1.20 bits per heavy atom. The molecule has 0 unspecified atom stereocenters. The first-order valence-electron chi connectivity index (χ1n) is 7.35. The fraction of sp³-hybridized carbons (Fsp3) is 0.0526. The predicted octanol–water partition coefficient (Wildman–Crippen LogP) is 4.81. The van der Waals surface area contributed by atoms with Gasteiger partial charge in [-0.3, -0.25) is 4.79 Å². The molecule has 0 atom stereocenters. The first kappa shape index (κ1) is 16.8. The molecule has 6 heteroatoms. The number of halogens is 1. The van der Waals surface area contributed by atoms with Gasteiger partial charge in [-0.05, 0) is 29.8 Å². The maximum absolute atomic E-state index is 12.7. The van der Waals surface area contributed by atoms with E-state index in [1.807, 2.05) is 0 Å². The van der Waals surface area contributed by atoms with Crippen LogP contribution in [0.15, 0.2) is 70.6 Å². The number of ether oxygens (including phenoxy) is 2. The molecule has 0 aliphatic rings. The fourth-order valence-electron chi connectivity index (χ4n) is 2.25. The topological polar surface area (TPSA) is 65.7 Å². The second-order valence-corrected chi connectivity index (χ2v) is 5.53. The summed E-state index contributed by atoms with van der Waals surface area (Å²) in [5, 5.41) is 0.957. The van der Waals surface area contributed by atoms with E-state index in [2.05, 4.69) is 6.58 Å². The van der Waals surface area contributed by atoms with Gasteiger partial charge < -0.3 is 13.9 Å². The third-order valence-electron chi connectivity index (χ3n) is 3.42. The molecule has 0 aliphatic heterocycles. The van der Waals surface area contributed by atoms with Crippen molar-refractivity contribution in [2.75, 3.05) is 6.61 Å². The van der Waals surface area contributed by atoms with Crippen LogP contribution in [0, 0.1) is 0 Å². The number of fused-ring (bicyclic) bond motifs is 1. The summed E-state index contributed by atoms with van der Waals surface area (Å²) < 4.78 is 15.3. The Balaban J connectivity index is 1.94. The number of hydrogen-bond donors (Lipinski definition) is 0. The quantitative estimate of drug-likeness (QED) is 0.381. The summed E-state index contributed by atoms with van der Waals surface area (Å²) >= 11 is 5.87. The number of benzene rings is 2. The molecule has 0 fully saturated rings. The highest BCUT2D eigenvalue weighted by atomic mass is 35.5. The van der Waals surface area contributed by atoms with E-state index in [1.165, 1.54) is 30.5 Å². The lowest BCUT2D eigenvalue weighted by Gasteiger charge is -2.06. The highest BCUT2D eigenvalue weighted by molar-refractivity contribution is 6.30. The number of carbonyl (C=O) groups is 1. The van der Waals surface area contributed by atoms with Crippen molar-refractivity contribution in [3.8, 4) is 16.9 Å². The van der Waals surface area contributed by atoms with E-state index in [9.17, 15) is 9.59 Å². The first-order valence-corrected chi connectivity index (χ1v) is 7.73. The van der Waals surface area contributed by atoms with Gasteiger partial charge in [0, 0.05) is 11.1 Å². The molecule has 0 saturated carbocycles. The summed E-state index contributed by atoms with van der Waals surface area (Å²) in [5.41, 5.74) is 1.23. The molecule has 0 bridgehead atoms. The van der Waals surface area contributed by atoms with Crippen molar-refractivity contribution in [2.45, 2.75) is 0 Å². The summed E-state index contributed by atoms with van der Waals surface area (Å²) in [6.07, 6.45) is 1.94. The lowest BCUT2D eigenvalue weighted by Crippen LogP contribution is -2.10. The zero-order chi connectivity index (χ0) is 17.8. The van der Waals surface area contributed by atoms with Gasteiger partial charge in [-0.2, -0.15) is 0 Å². The van der Waals surface area contributed by atoms with E-state index in [0.29, 0.717) is 27.1 Å². The highest BCUT2D eigenvalue weighted by Gasteiger charge is 2.12. The Kier molecular flexibility index (Phi) is 4.86. The smallest absolute Gasteiger partial charge is 0.463 e. The van der Waals surface area contributed by atoms with Crippen molar-refractivity contribution in [2.24, 2.45) is 0 Å². The average Bonchev–Trinajstić information content (AvgIpc) is 2.61. The molecular weight excluding hydrogens is 344 g/mol. The van der Waals surface area contributed by atoms with Crippen LogP contribution in [0.4, 0.5) is 4.79 Å². The van der Waals surface area contributed by atoms with Crippen LogP contribution in [0.25, 0.3) is 22.1 Å². The standard InChI is InChI=1S/C19H13ClO5/c1-2-9-23-19(22)25-14-7-8-15-17(10-14)24-11-16(18(15)21)12-3-5-13(20)6-4-12/h2-8,10-11H,1,9H2. The van der Waals surface area contributed by atoms with E-state index in [0.717, 1.165) is 0 Å². The molecule has 5 nitrogen and oxygen atoms in total. The van der Waals surface area contributed by atoms with Gasteiger partial charge in [-0.15, -0.1) is 0 Å². The summed E-state index contributed by atoms with van der Waals surface area (Å²) in [4.78, 5) is 24.1. The van der Waals surface area contributed by atoms with Gasteiger partial charge in [0.15, 0.2) is 5.43 Å². The summed E-state index contributed by atoms with van der Waals surface area (Å²) in [5.74, 6) is 0.212. The molecule has 0 radical (unpaired) electrons. The molecular formula is C19H13ClO5. The minimum atomic E-state index is -0.862. The number of hydrogen-bond acceptors (Lipinski definition) is 5. The molecule has 0 saturated heterocycles. The van der Waals surface area contributed by atoms with Crippen molar-refractivity contribution < 1.29 is 18.7 Å². The molecule has 0 N–H and O–H groups in total. The fourth-order valence-corrected chi connectivity index (χ4v) is 2.38. The SMILES string of the molecule is C=CCOC(=O)Oc1ccc2c(=O)c(-c3ccc(Cl)cc3)coc2c1. The third-order valence-corrected chi connectivity index (χ3v) is 3.67. The van der Waals surface area contributed by atoms with Crippen LogP contribution >= 0.6 is 11.6 Å². The Labute approximate surface area is 148 Å². The molecule has 3 aromatic rings. The molecule has 2 aromatic carbocycles. The maximum Gasteiger partial charge on any atom is 0.514 e. The lowest BCUT2D eigenvalue weighted by molar-refractivity contribution is 0.109. The Bertz CT molecular complexity index is 989. The van der Waals surface area contributed by atoms with Gasteiger partial charge in [-0.25, -0.2) is 4.79 Å². The molecule has 25 heavy (non-hydrogen) atoms. The van der Waals surface area contributed by atoms with E-state index < -0.39 is 6.16 Å². The van der Waals surface area contributed by atoms with Crippen molar-refractivity contribution in [3.05, 3.63) is 76.6 Å². The molecule has 0 amide bonds. The largest absolute Gasteiger partial charge is 0.514 e. The third kappa shape index (κ3) is 3.72. The first-order chi connectivity index (χ1) is 12.1. The Morgan fingerprint density at radius 2 is 1.96 bits per heavy atom. The molecule has 3 rings (SSSR count). The predicted molar refractivity (Wildman–Crippen MR) is 95.1 cm³/mol. The minimum absolute atomic E-state index is 0.0476. The second kappa shape index (κ2) is 7.23. The molecule has 126 valence electrons. The Morgan fingerprint density at radius 3 is 2.68 bits per heavy atom. The van der Waals surface area contributed by atoms with Crippen LogP contribution in [0.2, 0.25) is 5.02 Å². The Hall–Kier alpha value is -3.05. The number of rotatable bonds is 4. The summed E-state index contributed by atoms with van der Waals surface area (Å²) in [6, 6.07) is 11.4. The van der Waals surface area contributed by atoms with Crippen LogP contribution in [-0.4, -0.2) is 12.8 Å². The van der Waals surface area contributed by atoms with Crippen molar-refractivity contribution in [3.63, 3.8) is 0 Å². The molecule has 1 heterocycles. The molecule has 0 aliphatic carbocycles. The van der Waals surface area contributed by atoms with Gasteiger partial charge in [0.1, 0.15) is 24.2 Å². The molecule has 1 aromatic heterocycles. The van der Waals surface area contributed by atoms with Crippen LogP contribution < -0.4 is 10.2 Å². The van der Waals surface area contributed by atoms with E-state index in [1.54, 1.807) is 24.3 Å². The van der Waals surface area contributed by atoms with E-state index in [4.69, 9.17) is 25.5 Å². The summed E-state index contributed by atoms with van der Waals surface area (Å²) in [7, 11) is 0. The van der Waals surface area contributed by atoms with Crippen molar-refractivity contribution in [1.29, 1.82) is 0 Å². The zero-order valence-corrected chi connectivity index (χ0v) is 13.8. The maximum atomic E-state index is 12.7. The van der Waals surface area contributed by atoms with Crippen LogP contribution in [0.5, 0.6) is 5.75 Å². The second-order valence-electron chi connectivity index (χ2n) is 5.10. The highest BCUT2D eigenvalue weighted by Crippen LogP contribution is 2.24. The van der Waals surface area contributed by atoms with Crippen LogP contribution in [0.1, 0.15) is 0 Å². The van der Waals surface area contributed by atoms with Gasteiger partial charge in [0.05, 0.1) is 10.9 Å². The van der Waals surface area contributed by atoms with E-state index in [-0.39, 0.29) is 17.8 Å². The van der Waals surface area contributed by atoms with Gasteiger partial charge >= 0.3 is 6.16 Å². The van der Waals surface area contributed by atoms with Gasteiger partial charge in [0.25, 0.3) is 0 Å². The average molecular weight is 357 g/mol. The van der Waals surface area contributed by atoms with Crippen molar-refractivity contribution >= 4 is 28.7 Å². The van der Waals surface area contributed by atoms with Crippen LogP contribution in [0.3, 0.4) is 0 Å². The molecule has 0 spiro atoms. The van der Waals surface area contributed by atoms with Crippen molar-refractivity contribution in [1.82, 2.24) is 0 Å². The summed E-state index contributed by atoms with van der Waals surface area (Å²) in [6.45, 7) is 3.49.